The van der Waals surface area contributed by atoms with E-state index in [1.807, 2.05) is 49.4 Å². The minimum Gasteiger partial charge on any atom is -0.284 e. The Morgan fingerprint density at radius 1 is 1.03 bits per heavy atom. The lowest BCUT2D eigenvalue weighted by Crippen LogP contribution is -2.37. The summed E-state index contributed by atoms with van der Waals surface area (Å²) in [7, 11) is -3.36. The van der Waals surface area contributed by atoms with Gasteiger partial charge in [0.25, 0.3) is 5.91 Å². The first-order valence-corrected chi connectivity index (χ1v) is 12.0. The zero-order valence-electron chi connectivity index (χ0n) is 17.1. The molecule has 1 amide bonds. The largest absolute Gasteiger partial charge is 0.284 e. The number of nitrogens with one attached hydrogen (secondary N) is 2. The van der Waals surface area contributed by atoms with E-state index in [1.165, 1.54) is 0 Å². The second kappa shape index (κ2) is 8.34. The number of sulfonamides is 1. The van der Waals surface area contributed by atoms with Gasteiger partial charge in [-0.2, -0.15) is 0 Å². The monoisotopic (exact) mass is 455 g/mol. The quantitative estimate of drug-likeness (QED) is 0.579. The number of nitrogens with zero attached hydrogens (tertiary/aromatic N) is 1. The second-order valence-corrected chi connectivity index (χ2v) is 9.82. The van der Waals surface area contributed by atoms with E-state index in [-0.39, 0.29) is 5.91 Å². The summed E-state index contributed by atoms with van der Waals surface area (Å²) in [6.45, 7) is 2.89. The van der Waals surface area contributed by atoms with Gasteiger partial charge in [0, 0.05) is 22.8 Å². The van der Waals surface area contributed by atoms with Crippen molar-refractivity contribution in [2.75, 3.05) is 11.0 Å². The fourth-order valence-electron chi connectivity index (χ4n) is 3.73. The van der Waals surface area contributed by atoms with E-state index in [0.717, 1.165) is 34.1 Å². The molecule has 1 aliphatic heterocycles. The van der Waals surface area contributed by atoms with E-state index < -0.39 is 10.0 Å². The summed E-state index contributed by atoms with van der Waals surface area (Å²) in [5.41, 5.74) is 9.06. The number of aryl methyl sites for hydroxylation is 1. The Balaban J connectivity index is 1.56. The summed E-state index contributed by atoms with van der Waals surface area (Å²) in [6, 6.07) is 18.6. The van der Waals surface area contributed by atoms with Gasteiger partial charge in [0.05, 0.1) is 12.8 Å². The first-order chi connectivity index (χ1) is 14.7. The van der Waals surface area contributed by atoms with Crippen molar-refractivity contribution >= 4 is 33.2 Å². The van der Waals surface area contributed by atoms with Crippen molar-refractivity contribution in [1.82, 2.24) is 10.4 Å². The third-order valence-electron chi connectivity index (χ3n) is 5.09. The Morgan fingerprint density at radius 3 is 2.48 bits per heavy atom. The lowest BCUT2D eigenvalue weighted by molar-refractivity contribution is 0.0678. The normalized spacial score (nSPS) is 13.4. The van der Waals surface area contributed by atoms with Gasteiger partial charge >= 0.3 is 0 Å². The van der Waals surface area contributed by atoms with Gasteiger partial charge in [-0.3, -0.25) is 14.5 Å². The number of hydrazine groups is 1. The molecule has 2 N–H and O–H groups in total. The molecule has 0 atom stereocenters. The Hall–Kier alpha value is -2.87. The minimum atomic E-state index is -3.36. The fourth-order valence-corrected chi connectivity index (χ4v) is 4.41. The number of halogens is 1. The minimum absolute atomic E-state index is 0.0551. The van der Waals surface area contributed by atoms with Gasteiger partial charge in [-0.1, -0.05) is 41.9 Å². The highest BCUT2D eigenvalue weighted by Crippen LogP contribution is 2.32. The predicted octanol–water partition coefficient (Wildman–Crippen LogP) is 4.35. The van der Waals surface area contributed by atoms with E-state index in [1.54, 1.807) is 23.2 Å². The molecule has 0 spiro atoms. The lowest BCUT2D eigenvalue weighted by Gasteiger charge is -2.17. The molecule has 0 unspecified atom stereocenters. The molecule has 0 radical (unpaired) electrons. The molecule has 0 aliphatic carbocycles. The first kappa shape index (κ1) is 21.4. The summed E-state index contributed by atoms with van der Waals surface area (Å²) >= 11 is 5.93. The van der Waals surface area contributed by atoms with E-state index in [4.69, 9.17) is 11.6 Å². The van der Waals surface area contributed by atoms with Crippen LogP contribution >= 0.6 is 11.6 Å². The van der Waals surface area contributed by atoms with Gasteiger partial charge in [0.1, 0.15) is 0 Å². The standard InChI is InChI=1S/C23H22ClN3O3S/c1-15-10-18(17-4-3-5-21(12-17)26-31(2,29)30)11-19-14-27(23(28)22(15)19)25-13-16-6-8-20(24)9-7-16/h3-12,25-26H,13-14H2,1-2H3. The van der Waals surface area contributed by atoms with Crippen molar-refractivity contribution in [2.24, 2.45) is 0 Å². The lowest BCUT2D eigenvalue weighted by atomic mass is 9.96. The molecule has 3 aromatic rings. The Bertz CT molecular complexity index is 1260. The number of rotatable bonds is 6. The van der Waals surface area contributed by atoms with Crippen LogP contribution in [0.3, 0.4) is 0 Å². The molecule has 8 heteroatoms. The second-order valence-electron chi connectivity index (χ2n) is 7.63. The summed E-state index contributed by atoms with van der Waals surface area (Å²) in [5.74, 6) is -0.0551. The van der Waals surface area contributed by atoms with Crippen LogP contribution in [0.1, 0.15) is 27.0 Å². The zero-order valence-corrected chi connectivity index (χ0v) is 18.7. The van der Waals surface area contributed by atoms with Gasteiger partial charge in [-0.15, -0.1) is 0 Å². The van der Waals surface area contributed by atoms with Crippen LogP contribution in [0.15, 0.2) is 60.7 Å². The van der Waals surface area contributed by atoms with Crippen LogP contribution in [-0.2, 0) is 23.1 Å². The molecule has 6 nitrogen and oxygen atoms in total. The van der Waals surface area contributed by atoms with Crippen LogP contribution in [0.2, 0.25) is 5.02 Å². The number of amides is 1. The molecular weight excluding hydrogens is 434 g/mol. The number of carbonyl (C=O) groups is 1. The van der Waals surface area contributed by atoms with E-state index in [9.17, 15) is 13.2 Å². The van der Waals surface area contributed by atoms with Crippen LogP contribution < -0.4 is 10.1 Å². The van der Waals surface area contributed by atoms with Crippen molar-refractivity contribution in [1.29, 1.82) is 0 Å². The smallest absolute Gasteiger partial charge is 0.268 e. The molecule has 1 aliphatic rings. The van der Waals surface area contributed by atoms with Crippen LogP contribution in [-0.4, -0.2) is 25.6 Å². The molecule has 0 saturated carbocycles. The summed E-state index contributed by atoms with van der Waals surface area (Å²) < 4.78 is 25.6. The van der Waals surface area contributed by atoms with E-state index in [2.05, 4.69) is 10.1 Å². The van der Waals surface area contributed by atoms with Crippen molar-refractivity contribution in [3.05, 3.63) is 87.9 Å². The molecule has 3 aromatic carbocycles. The van der Waals surface area contributed by atoms with E-state index in [0.29, 0.717) is 29.4 Å². The molecule has 0 saturated heterocycles. The van der Waals surface area contributed by atoms with Crippen LogP contribution in [0.5, 0.6) is 0 Å². The van der Waals surface area contributed by atoms with Gasteiger partial charge < -0.3 is 0 Å². The molecule has 31 heavy (non-hydrogen) atoms. The van der Waals surface area contributed by atoms with Crippen LogP contribution in [0.25, 0.3) is 11.1 Å². The van der Waals surface area contributed by atoms with Gasteiger partial charge in [-0.05, 0) is 65.1 Å². The van der Waals surface area contributed by atoms with Crippen molar-refractivity contribution in [3.8, 4) is 11.1 Å². The summed E-state index contributed by atoms with van der Waals surface area (Å²) in [6.07, 6.45) is 1.12. The average Bonchev–Trinajstić information content (AvgIpc) is 3.02. The molecule has 0 aromatic heterocycles. The number of anilines is 1. The molecule has 0 fully saturated rings. The molecule has 160 valence electrons. The Kier molecular flexibility index (Phi) is 5.75. The highest BCUT2D eigenvalue weighted by Gasteiger charge is 2.29. The highest BCUT2D eigenvalue weighted by molar-refractivity contribution is 7.92. The highest BCUT2D eigenvalue weighted by atomic mass is 35.5. The van der Waals surface area contributed by atoms with E-state index >= 15 is 0 Å². The SMILES string of the molecule is Cc1cc(-c2cccc(NS(C)(=O)=O)c2)cc2c1C(=O)N(NCc1ccc(Cl)cc1)C2. The first-order valence-electron chi connectivity index (χ1n) is 9.71. The number of carbonyl (C=O) groups excluding carboxylic acids is 1. The van der Waals surface area contributed by atoms with Gasteiger partial charge in [0.2, 0.25) is 10.0 Å². The van der Waals surface area contributed by atoms with Crippen LogP contribution in [0, 0.1) is 6.92 Å². The Labute approximate surface area is 186 Å². The molecule has 0 bridgehead atoms. The number of fused-ring (bicyclic) bond motifs is 1. The summed E-state index contributed by atoms with van der Waals surface area (Å²) in [5, 5.41) is 2.30. The van der Waals surface area contributed by atoms with Crippen molar-refractivity contribution in [3.63, 3.8) is 0 Å². The summed E-state index contributed by atoms with van der Waals surface area (Å²) in [4.78, 5) is 12.9. The van der Waals surface area contributed by atoms with Gasteiger partial charge in [0.15, 0.2) is 0 Å². The number of hydrogen-bond donors (Lipinski definition) is 2. The zero-order chi connectivity index (χ0) is 22.2. The third-order valence-corrected chi connectivity index (χ3v) is 5.95. The van der Waals surface area contributed by atoms with Crippen molar-refractivity contribution in [2.45, 2.75) is 20.0 Å². The number of hydrogen-bond acceptors (Lipinski definition) is 4. The van der Waals surface area contributed by atoms with Gasteiger partial charge in [-0.25, -0.2) is 13.8 Å². The third kappa shape index (κ3) is 4.90. The predicted molar refractivity (Wildman–Crippen MR) is 123 cm³/mol. The maximum absolute atomic E-state index is 12.9. The Morgan fingerprint density at radius 2 is 1.77 bits per heavy atom. The average molecular weight is 456 g/mol. The topological polar surface area (TPSA) is 78.5 Å². The molecular formula is C23H22ClN3O3S. The van der Waals surface area contributed by atoms with Crippen LogP contribution in [0.4, 0.5) is 5.69 Å². The molecule has 4 rings (SSSR count). The maximum atomic E-state index is 12.9. The fraction of sp³-hybridized carbons (Fsp3) is 0.174. The van der Waals surface area contributed by atoms with Crippen molar-refractivity contribution < 1.29 is 13.2 Å². The molecule has 1 heterocycles. The number of benzene rings is 3. The maximum Gasteiger partial charge on any atom is 0.268 e.